The van der Waals surface area contributed by atoms with E-state index in [2.05, 4.69) is 24.4 Å². The zero-order chi connectivity index (χ0) is 13.7. The Morgan fingerprint density at radius 1 is 1.37 bits per heavy atom. The number of ether oxygens (including phenoxy) is 1. The Balaban J connectivity index is 1.95. The molecule has 19 heavy (non-hydrogen) atoms. The molecule has 1 aliphatic rings. The summed E-state index contributed by atoms with van der Waals surface area (Å²) >= 11 is 6.22. The molecule has 0 aromatic heterocycles. The molecular weight excluding hydrogens is 258 g/mol. The molecule has 0 saturated heterocycles. The lowest BCUT2D eigenvalue weighted by Crippen LogP contribution is -2.49. The van der Waals surface area contributed by atoms with E-state index < -0.39 is 0 Å². The highest BCUT2D eigenvalue weighted by atomic mass is 35.5. The van der Waals surface area contributed by atoms with Crippen molar-refractivity contribution in [2.75, 3.05) is 13.0 Å². The first-order chi connectivity index (χ1) is 9.17. The maximum Gasteiger partial charge on any atom is 0.119 e. The van der Waals surface area contributed by atoms with E-state index in [0.717, 1.165) is 18.2 Å². The largest absolute Gasteiger partial charge is 0.497 e. The quantitative estimate of drug-likeness (QED) is 0.825. The third-order valence-electron chi connectivity index (χ3n) is 4.29. The van der Waals surface area contributed by atoms with E-state index in [-0.39, 0.29) is 5.54 Å². The van der Waals surface area contributed by atoms with Gasteiger partial charge in [0.25, 0.3) is 0 Å². The Morgan fingerprint density at radius 2 is 2.11 bits per heavy atom. The first kappa shape index (κ1) is 14.7. The number of benzene rings is 1. The Bertz CT molecular complexity index is 399. The fourth-order valence-electron chi connectivity index (χ4n) is 2.74. The maximum atomic E-state index is 6.22. The molecule has 2 rings (SSSR count). The fourth-order valence-corrected chi connectivity index (χ4v) is 3.11. The van der Waals surface area contributed by atoms with E-state index in [1.165, 1.54) is 31.2 Å². The molecule has 3 heteroatoms. The van der Waals surface area contributed by atoms with Gasteiger partial charge in [-0.3, -0.25) is 0 Å². The Hall–Kier alpha value is -0.730. The minimum atomic E-state index is 0.122. The van der Waals surface area contributed by atoms with Crippen LogP contribution in [0.15, 0.2) is 24.3 Å². The molecular formula is C16H24ClNO. The Morgan fingerprint density at radius 3 is 2.74 bits per heavy atom. The van der Waals surface area contributed by atoms with Gasteiger partial charge >= 0.3 is 0 Å². The highest BCUT2D eigenvalue weighted by Gasteiger charge is 2.32. The van der Waals surface area contributed by atoms with Gasteiger partial charge in [0.15, 0.2) is 0 Å². The summed E-state index contributed by atoms with van der Waals surface area (Å²) in [5.41, 5.74) is 1.37. The summed E-state index contributed by atoms with van der Waals surface area (Å²) in [7, 11) is 1.70. The highest BCUT2D eigenvalue weighted by molar-refractivity contribution is 6.18. The fraction of sp³-hybridized carbons (Fsp3) is 0.625. The van der Waals surface area contributed by atoms with Crippen molar-refractivity contribution in [2.24, 2.45) is 5.92 Å². The molecule has 106 valence electrons. The van der Waals surface area contributed by atoms with Crippen LogP contribution in [0, 0.1) is 5.92 Å². The summed E-state index contributed by atoms with van der Waals surface area (Å²) in [6, 6.07) is 8.22. The minimum absolute atomic E-state index is 0.122. The van der Waals surface area contributed by atoms with Gasteiger partial charge in [0.05, 0.1) is 7.11 Å². The standard InChI is InChI=1S/C16H24ClNO/c1-13-6-8-16(12-17,9-7-13)18-11-14-4-3-5-15(10-14)19-2/h3-5,10,13,18H,6-9,11-12H2,1-2H3. The summed E-state index contributed by atoms with van der Waals surface area (Å²) in [6.45, 7) is 3.19. The predicted octanol–water partition coefficient (Wildman–Crippen LogP) is 3.97. The van der Waals surface area contributed by atoms with Gasteiger partial charge in [-0.25, -0.2) is 0 Å². The lowest BCUT2D eigenvalue weighted by molar-refractivity contribution is 0.216. The topological polar surface area (TPSA) is 21.3 Å². The molecule has 1 aliphatic carbocycles. The van der Waals surface area contributed by atoms with Crippen LogP contribution in [0.2, 0.25) is 0 Å². The number of nitrogens with one attached hydrogen (secondary N) is 1. The van der Waals surface area contributed by atoms with Gasteiger partial charge in [-0.05, 0) is 49.3 Å². The molecule has 1 fully saturated rings. The summed E-state index contributed by atoms with van der Waals surface area (Å²) in [6.07, 6.45) is 4.92. The van der Waals surface area contributed by atoms with Crippen LogP contribution in [0.5, 0.6) is 5.75 Å². The molecule has 0 atom stereocenters. The molecule has 0 amide bonds. The lowest BCUT2D eigenvalue weighted by atomic mass is 9.78. The first-order valence-electron chi connectivity index (χ1n) is 7.11. The van der Waals surface area contributed by atoms with E-state index >= 15 is 0 Å². The monoisotopic (exact) mass is 281 g/mol. The molecule has 0 spiro atoms. The van der Waals surface area contributed by atoms with E-state index in [0.29, 0.717) is 5.88 Å². The van der Waals surface area contributed by atoms with Crippen molar-refractivity contribution < 1.29 is 4.74 Å². The zero-order valence-electron chi connectivity index (χ0n) is 11.9. The maximum absolute atomic E-state index is 6.22. The van der Waals surface area contributed by atoms with E-state index in [1.54, 1.807) is 7.11 Å². The van der Waals surface area contributed by atoms with Crippen molar-refractivity contribution >= 4 is 11.6 Å². The number of methoxy groups -OCH3 is 1. The van der Waals surface area contributed by atoms with Crippen LogP contribution in [-0.4, -0.2) is 18.5 Å². The molecule has 0 heterocycles. The summed E-state index contributed by atoms with van der Waals surface area (Å²) < 4.78 is 5.26. The molecule has 1 N–H and O–H groups in total. The summed E-state index contributed by atoms with van der Waals surface area (Å²) in [4.78, 5) is 0. The number of halogens is 1. The third-order valence-corrected chi connectivity index (χ3v) is 4.80. The SMILES string of the molecule is COc1cccc(CNC2(CCl)CCC(C)CC2)c1. The molecule has 1 aromatic rings. The van der Waals surface area contributed by atoms with Gasteiger partial charge < -0.3 is 10.1 Å². The molecule has 0 aliphatic heterocycles. The second kappa shape index (κ2) is 6.62. The smallest absolute Gasteiger partial charge is 0.119 e. The van der Waals surface area contributed by atoms with Crippen molar-refractivity contribution in [3.05, 3.63) is 29.8 Å². The summed E-state index contributed by atoms with van der Waals surface area (Å²) in [5, 5.41) is 3.69. The van der Waals surface area contributed by atoms with Gasteiger partial charge in [-0.15, -0.1) is 11.6 Å². The number of alkyl halides is 1. The second-order valence-electron chi connectivity index (χ2n) is 5.80. The van der Waals surface area contributed by atoms with Crippen molar-refractivity contribution in [2.45, 2.75) is 44.7 Å². The van der Waals surface area contributed by atoms with Crippen LogP contribution in [-0.2, 0) is 6.54 Å². The predicted molar refractivity (Wildman–Crippen MR) is 80.9 cm³/mol. The van der Waals surface area contributed by atoms with Gasteiger partial charge in [0.1, 0.15) is 5.75 Å². The average molecular weight is 282 g/mol. The first-order valence-corrected chi connectivity index (χ1v) is 7.65. The van der Waals surface area contributed by atoms with E-state index in [9.17, 15) is 0 Å². The normalized spacial score (nSPS) is 27.2. The summed E-state index contributed by atoms with van der Waals surface area (Å²) in [5.74, 6) is 2.45. The number of hydrogen-bond acceptors (Lipinski definition) is 2. The molecule has 0 unspecified atom stereocenters. The van der Waals surface area contributed by atoms with Gasteiger partial charge in [0, 0.05) is 18.0 Å². The molecule has 0 bridgehead atoms. The van der Waals surface area contributed by atoms with Crippen LogP contribution < -0.4 is 10.1 Å². The third kappa shape index (κ3) is 3.87. The van der Waals surface area contributed by atoms with Crippen molar-refractivity contribution in [1.29, 1.82) is 0 Å². The second-order valence-corrected chi connectivity index (χ2v) is 6.07. The number of hydrogen-bond donors (Lipinski definition) is 1. The van der Waals surface area contributed by atoms with Crippen molar-refractivity contribution in [1.82, 2.24) is 5.32 Å². The highest BCUT2D eigenvalue weighted by Crippen LogP contribution is 2.33. The van der Waals surface area contributed by atoms with Gasteiger partial charge in [-0.2, -0.15) is 0 Å². The van der Waals surface area contributed by atoms with Gasteiger partial charge in [0.2, 0.25) is 0 Å². The lowest BCUT2D eigenvalue weighted by Gasteiger charge is -2.39. The molecule has 0 radical (unpaired) electrons. The van der Waals surface area contributed by atoms with E-state index in [4.69, 9.17) is 16.3 Å². The molecule has 1 aromatic carbocycles. The Labute approximate surface area is 121 Å². The van der Waals surface area contributed by atoms with Crippen LogP contribution >= 0.6 is 11.6 Å². The molecule has 2 nitrogen and oxygen atoms in total. The number of rotatable bonds is 5. The van der Waals surface area contributed by atoms with E-state index in [1.807, 2.05) is 12.1 Å². The van der Waals surface area contributed by atoms with Crippen molar-refractivity contribution in [3.8, 4) is 5.75 Å². The zero-order valence-corrected chi connectivity index (χ0v) is 12.7. The van der Waals surface area contributed by atoms with Crippen molar-refractivity contribution in [3.63, 3.8) is 0 Å². The average Bonchev–Trinajstić information content (AvgIpc) is 2.47. The minimum Gasteiger partial charge on any atom is -0.497 e. The van der Waals surface area contributed by atoms with Crippen LogP contribution in [0.25, 0.3) is 0 Å². The molecule has 1 saturated carbocycles. The van der Waals surface area contributed by atoms with Crippen LogP contribution in [0.1, 0.15) is 38.2 Å². The van der Waals surface area contributed by atoms with Gasteiger partial charge in [-0.1, -0.05) is 19.1 Å². The Kier molecular flexibility index (Phi) is 5.12. The van der Waals surface area contributed by atoms with Crippen LogP contribution in [0.3, 0.4) is 0 Å². The van der Waals surface area contributed by atoms with Crippen LogP contribution in [0.4, 0.5) is 0 Å².